The monoisotopic (exact) mass is 332 g/mol. The minimum atomic E-state index is -0.218. The van der Waals surface area contributed by atoms with Crippen molar-refractivity contribution < 1.29 is 9.53 Å². The number of hydrogen-bond donors (Lipinski definition) is 1. The third-order valence-electron chi connectivity index (χ3n) is 3.08. The number of carbonyl (C=O) groups excluding carboxylic acids is 1. The van der Waals surface area contributed by atoms with Crippen LogP contribution in [-0.4, -0.2) is 29.0 Å². The van der Waals surface area contributed by atoms with E-state index in [4.69, 9.17) is 4.74 Å². The molecule has 2 heterocycles. The SMILES string of the molecule is O=C(COc1ccc(C2SCCS2)cc1)Nc1ccccn1. The van der Waals surface area contributed by atoms with E-state index in [0.717, 1.165) is 0 Å². The summed E-state index contributed by atoms with van der Waals surface area (Å²) in [4.78, 5) is 15.8. The zero-order valence-electron chi connectivity index (χ0n) is 11.9. The van der Waals surface area contributed by atoms with Crippen molar-refractivity contribution in [3.8, 4) is 5.75 Å². The van der Waals surface area contributed by atoms with Crippen LogP contribution in [0.25, 0.3) is 0 Å². The van der Waals surface area contributed by atoms with Crippen molar-refractivity contribution in [2.75, 3.05) is 23.4 Å². The Hall–Kier alpha value is -1.66. The molecular formula is C16H16N2O2S2. The van der Waals surface area contributed by atoms with E-state index in [0.29, 0.717) is 16.1 Å². The Morgan fingerprint density at radius 2 is 1.95 bits per heavy atom. The highest BCUT2D eigenvalue weighted by Crippen LogP contribution is 2.45. The summed E-state index contributed by atoms with van der Waals surface area (Å²) in [6, 6.07) is 13.3. The molecule has 1 amide bonds. The van der Waals surface area contributed by atoms with E-state index >= 15 is 0 Å². The summed E-state index contributed by atoms with van der Waals surface area (Å²) < 4.78 is 6.03. The van der Waals surface area contributed by atoms with Gasteiger partial charge in [-0.15, -0.1) is 23.5 Å². The maximum Gasteiger partial charge on any atom is 0.263 e. The summed E-state index contributed by atoms with van der Waals surface area (Å²) in [5.74, 6) is 3.43. The van der Waals surface area contributed by atoms with Crippen molar-refractivity contribution in [1.82, 2.24) is 4.98 Å². The smallest absolute Gasteiger partial charge is 0.263 e. The van der Waals surface area contributed by atoms with E-state index in [9.17, 15) is 4.79 Å². The van der Waals surface area contributed by atoms with Gasteiger partial charge < -0.3 is 10.1 Å². The first kappa shape index (κ1) is 15.2. The maximum absolute atomic E-state index is 11.8. The number of pyridine rings is 1. The van der Waals surface area contributed by atoms with Crippen molar-refractivity contribution in [2.45, 2.75) is 4.58 Å². The van der Waals surface area contributed by atoms with E-state index < -0.39 is 0 Å². The first-order valence-electron chi connectivity index (χ1n) is 6.98. The van der Waals surface area contributed by atoms with Gasteiger partial charge in [-0.3, -0.25) is 4.79 Å². The van der Waals surface area contributed by atoms with Gasteiger partial charge in [0.15, 0.2) is 6.61 Å². The van der Waals surface area contributed by atoms with Gasteiger partial charge in [0, 0.05) is 17.7 Å². The number of carbonyl (C=O) groups is 1. The molecule has 1 saturated heterocycles. The Morgan fingerprint density at radius 3 is 2.64 bits per heavy atom. The van der Waals surface area contributed by atoms with Gasteiger partial charge in [-0.2, -0.15) is 0 Å². The Morgan fingerprint density at radius 1 is 1.18 bits per heavy atom. The number of nitrogens with one attached hydrogen (secondary N) is 1. The first-order chi connectivity index (χ1) is 10.8. The number of ether oxygens (including phenoxy) is 1. The summed E-state index contributed by atoms with van der Waals surface area (Å²) in [5.41, 5.74) is 1.30. The molecule has 0 saturated carbocycles. The summed E-state index contributed by atoms with van der Waals surface area (Å²) in [5, 5.41) is 2.69. The van der Waals surface area contributed by atoms with Crippen molar-refractivity contribution >= 4 is 35.2 Å². The van der Waals surface area contributed by atoms with Crippen LogP contribution in [0.3, 0.4) is 0 Å². The number of anilines is 1. The zero-order chi connectivity index (χ0) is 15.2. The second-order valence-electron chi connectivity index (χ2n) is 4.69. The van der Waals surface area contributed by atoms with E-state index in [1.165, 1.54) is 17.1 Å². The average Bonchev–Trinajstić information content (AvgIpc) is 3.09. The standard InChI is InChI=1S/C16H16N2O2S2/c19-15(18-14-3-1-2-8-17-14)11-20-13-6-4-12(5-7-13)16-21-9-10-22-16/h1-8,16H,9-11H2,(H,17,18,19). The van der Waals surface area contributed by atoms with E-state index in [1.54, 1.807) is 18.3 Å². The van der Waals surface area contributed by atoms with Gasteiger partial charge in [0.1, 0.15) is 11.6 Å². The molecule has 0 unspecified atom stereocenters. The minimum Gasteiger partial charge on any atom is -0.484 e. The van der Waals surface area contributed by atoms with Crippen molar-refractivity contribution in [3.05, 3.63) is 54.2 Å². The fourth-order valence-corrected chi connectivity index (χ4v) is 4.90. The number of amides is 1. The summed E-state index contributed by atoms with van der Waals surface area (Å²) in [6.07, 6.45) is 1.63. The Kier molecular flexibility index (Phi) is 5.24. The third-order valence-corrected chi connectivity index (χ3v) is 6.18. The molecule has 0 atom stereocenters. The molecule has 1 N–H and O–H groups in total. The van der Waals surface area contributed by atoms with Crippen molar-refractivity contribution in [2.24, 2.45) is 0 Å². The van der Waals surface area contributed by atoms with Crippen LogP contribution in [0.1, 0.15) is 10.1 Å². The topological polar surface area (TPSA) is 51.2 Å². The lowest BCUT2D eigenvalue weighted by molar-refractivity contribution is -0.118. The molecule has 4 nitrogen and oxygen atoms in total. The van der Waals surface area contributed by atoms with Crippen LogP contribution in [0.15, 0.2) is 48.7 Å². The highest BCUT2D eigenvalue weighted by atomic mass is 32.2. The molecule has 0 aliphatic carbocycles. The van der Waals surface area contributed by atoms with Crippen LogP contribution in [-0.2, 0) is 4.79 Å². The van der Waals surface area contributed by atoms with Gasteiger partial charge in [-0.25, -0.2) is 4.98 Å². The highest BCUT2D eigenvalue weighted by Gasteiger charge is 2.17. The van der Waals surface area contributed by atoms with Gasteiger partial charge in [0.2, 0.25) is 0 Å². The molecule has 114 valence electrons. The van der Waals surface area contributed by atoms with E-state index in [2.05, 4.69) is 22.4 Å². The van der Waals surface area contributed by atoms with Crippen molar-refractivity contribution in [1.29, 1.82) is 0 Å². The molecule has 0 radical (unpaired) electrons. The molecule has 2 aromatic rings. The quantitative estimate of drug-likeness (QED) is 0.907. The molecule has 1 aromatic carbocycles. The fourth-order valence-electron chi connectivity index (χ4n) is 2.04. The van der Waals surface area contributed by atoms with Gasteiger partial charge >= 0.3 is 0 Å². The molecule has 1 fully saturated rings. The number of aromatic nitrogens is 1. The van der Waals surface area contributed by atoms with Crippen LogP contribution >= 0.6 is 23.5 Å². The fraction of sp³-hybridized carbons (Fsp3) is 0.250. The lowest BCUT2D eigenvalue weighted by Crippen LogP contribution is -2.20. The van der Waals surface area contributed by atoms with E-state index in [1.807, 2.05) is 41.7 Å². The van der Waals surface area contributed by atoms with Crippen LogP contribution in [0.4, 0.5) is 5.82 Å². The average molecular weight is 332 g/mol. The minimum absolute atomic E-state index is 0.0250. The van der Waals surface area contributed by atoms with Gasteiger partial charge in [-0.05, 0) is 29.8 Å². The predicted molar refractivity (Wildman–Crippen MR) is 92.5 cm³/mol. The predicted octanol–water partition coefficient (Wildman–Crippen LogP) is 3.58. The van der Waals surface area contributed by atoms with Gasteiger partial charge in [-0.1, -0.05) is 18.2 Å². The zero-order valence-corrected chi connectivity index (χ0v) is 13.5. The molecule has 3 rings (SSSR count). The summed E-state index contributed by atoms with van der Waals surface area (Å²) in [6.45, 7) is -0.0250. The van der Waals surface area contributed by atoms with Gasteiger partial charge in [0.05, 0.1) is 4.58 Å². The number of nitrogens with zero attached hydrogens (tertiary/aromatic N) is 1. The van der Waals surface area contributed by atoms with Gasteiger partial charge in [0.25, 0.3) is 5.91 Å². The van der Waals surface area contributed by atoms with Crippen LogP contribution in [0.2, 0.25) is 0 Å². The molecule has 0 spiro atoms. The second-order valence-corrected chi connectivity index (χ2v) is 7.42. The molecule has 0 bridgehead atoms. The Bertz CT molecular complexity index is 614. The molecule has 6 heteroatoms. The molecule has 1 aromatic heterocycles. The molecular weight excluding hydrogens is 316 g/mol. The summed E-state index contributed by atoms with van der Waals surface area (Å²) >= 11 is 3.94. The highest BCUT2D eigenvalue weighted by molar-refractivity contribution is 8.19. The third kappa shape index (κ3) is 4.18. The van der Waals surface area contributed by atoms with Crippen LogP contribution < -0.4 is 10.1 Å². The lowest BCUT2D eigenvalue weighted by Gasteiger charge is -2.10. The van der Waals surface area contributed by atoms with Crippen LogP contribution in [0, 0.1) is 0 Å². The summed E-state index contributed by atoms with van der Waals surface area (Å²) in [7, 11) is 0. The first-order valence-corrected chi connectivity index (χ1v) is 9.08. The normalized spacial score (nSPS) is 14.7. The lowest BCUT2D eigenvalue weighted by atomic mass is 10.2. The maximum atomic E-state index is 11.8. The number of benzene rings is 1. The molecule has 1 aliphatic rings. The Labute approximate surface area is 138 Å². The number of hydrogen-bond acceptors (Lipinski definition) is 5. The molecule has 22 heavy (non-hydrogen) atoms. The largest absolute Gasteiger partial charge is 0.484 e. The van der Waals surface area contributed by atoms with E-state index in [-0.39, 0.29) is 12.5 Å². The Balaban J connectivity index is 1.49. The number of rotatable bonds is 5. The second kappa shape index (κ2) is 7.56. The van der Waals surface area contributed by atoms with Crippen LogP contribution in [0.5, 0.6) is 5.75 Å². The van der Waals surface area contributed by atoms with Crippen molar-refractivity contribution in [3.63, 3.8) is 0 Å². The number of thioether (sulfide) groups is 2. The molecule has 1 aliphatic heterocycles.